The number of para-hydroxylation sites is 1. The monoisotopic (exact) mass is 567 g/mol. The van der Waals surface area contributed by atoms with Crippen LogP contribution in [0.15, 0.2) is 52.2 Å². The molecule has 1 aromatic heterocycles. The van der Waals surface area contributed by atoms with Crippen LogP contribution in [-0.2, 0) is 32.9 Å². The maximum Gasteiger partial charge on any atom is 0.459 e. The van der Waals surface area contributed by atoms with E-state index in [9.17, 15) is 34.0 Å². The van der Waals surface area contributed by atoms with Gasteiger partial charge in [-0.25, -0.2) is 9.36 Å². The topological polar surface area (TPSA) is 205 Å². The van der Waals surface area contributed by atoms with Crippen LogP contribution in [0.5, 0.6) is 5.75 Å². The largest absolute Gasteiger partial charge is 0.459 e. The number of aromatic amines is 1. The van der Waals surface area contributed by atoms with Gasteiger partial charge in [0.15, 0.2) is 11.8 Å². The van der Waals surface area contributed by atoms with E-state index < -0.39 is 74.4 Å². The third-order valence-corrected chi connectivity index (χ3v) is 7.01. The maximum absolute atomic E-state index is 13.6. The summed E-state index contributed by atoms with van der Waals surface area (Å²) in [6, 6.07) is 7.42. The molecule has 15 nitrogen and oxygen atoms in total. The third kappa shape index (κ3) is 7.21. The molecular formula is C23H26N3O12P. The van der Waals surface area contributed by atoms with Crippen LogP contribution in [0.2, 0.25) is 0 Å². The lowest BCUT2D eigenvalue weighted by Gasteiger charge is -2.26. The molecule has 4 N–H and O–H groups in total. The molecule has 0 saturated carbocycles. The fourth-order valence-electron chi connectivity index (χ4n) is 3.42. The van der Waals surface area contributed by atoms with Gasteiger partial charge in [0.2, 0.25) is 6.79 Å². The number of nitrogens with zero attached hydrogens (tertiary/aromatic N) is 1. The van der Waals surface area contributed by atoms with Crippen LogP contribution in [0, 0.1) is 12.3 Å². The summed E-state index contributed by atoms with van der Waals surface area (Å²) in [5.41, 5.74) is -4.15. The third-order valence-electron chi connectivity index (χ3n) is 5.36. The number of aliphatic hydroxyl groups excluding tert-OH is 1. The lowest BCUT2D eigenvalue weighted by Crippen LogP contribution is -2.48. The zero-order chi connectivity index (χ0) is 28.8. The molecular weight excluding hydrogens is 541 g/mol. The van der Waals surface area contributed by atoms with Crippen LogP contribution in [0.4, 0.5) is 0 Å². The second-order valence-electron chi connectivity index (χ2n) is 8.22. The van der Waals surface area contributed by atoms with Gasteiger partial charge in [-0.05, 0) is 19.1 Å². The van der Waals surface area contributed by atoms with E-state index in [2.05, 4.69) is 9.82 Å². The molecule has 0 aliphatic carbocycles. The van der Waals surface area contributed by atoms with Crippen LogP contribution in [0.1, 0.15) is 20.1 Å². The highest BCUT2D eigenvalue weighted by atomic mass is 31.2. The summed E-state index contributed by atoms with van der Waals surface area (Å²) >= 11 is 0. The molecule has 0 amide bonds. The van der Waals surface area contributed by atoms with E-state index in [-0.39, 0.29) is 5.75 Å². The number of rotatable bonds is 11. The first-order valence-corrected chi connectivity index (χ1v) is 12.8. The van der Waals surface area contributed by atoms with Crippen molar-refractivity contribution in [1.29, 1.82) is 0 Å². The van der Waals surface area contributed by atoms with Gasteiger partial charge in [0.25, 0.3) is 5.56 Å². The minimum atomic E-state index is -4.44. The standard InChI is InChI=1S/C23H26N3O12P/c1-4-23(32)19(29)17(37-21(23)26-11-10-18(28)24-22(26)31)12-36-39(33,38-16-8-6-5-7-9-16)25-14(2)20(30)35-13-34-15(3)27/h1,5-11,14,17,19,21,29,32H,12-13H2,2-3H3,(H,25,33)(H,24,28,31)/t14?,17-,19-,21-,23-,39?/m1/s1. The SMILES string of the molecule is C#C[C@@]1(O)[C@H](O)[C@@H](COP(=O)(NC(C)C(=O)OCOC(C)=O)Oc2ccccc2)O[C@H]1n1ccc(=O)[nH]c1=O. The minimum absolute atomic E-state index is 0.0829. The lowest BCUT2D eigenvalue weighted by atomic mass is 9.95. The second-order valence-corrected chi connectivity index (χ2v) is 9.92. The quantitative estimate of drug-likeness (QED) is 0.116. The van der Waals surface area contributed by atoms with Crippen LogP contribution in [0.3, 0.4) is 0 Å². The molecule has 2 unspecified atom stereocenters. The summed E-state index contributed by atoms with van der Waals surface area (Å²) in [4.78, 5) is 48.8. The van der Waals surface area contributed by atoms with Crippen molar-refractivity contribution in [2.75, 3.05) is 13.4 Å². The molecule has 3 rings (SSSR count). The number of nitrogens with one attached hydrogen (secondary N) is 2. The van der Waals surface area contributed by atoms with Crippen molar-refractivity contribution in [3.63, 3.8) is 0 Å². The van der Waals surface area contributed by atoms with Crippen molar-refractivity contribution >= 4 is 19.7 Å². The van der Waals surface area contributed by atoms with E-state index >= 15 is 0 Å². The predicted octanol–water partition coefficient (Wildman–Crippen LogP) is -0.595. The summed E-state index contributed by atoms with van der Waals surface area (Å²) in [7, 11) is -4.44. The number of hydrogen-bond donors (Lipinski definition) is 4. The fraction of sp³-hybridized carbons (Fsp3) is 0.391. The minimum Gasteiger partial charge on any atom is -0.428 e. The zero-order valence-electron chi connectivity index (χ0n) is 20.7. The van der Waals surface area contributed by atoms with Crippen LogP contribution in [0.25, 0.3) is 0 Å². The van der Waals surface area contributed by atoms with Gasteiger partial charge in [-0.2, -0.15) is 5.09 Å². The fourth-order valence-corrected chi connectivity index (χ4v) is 4.92. The van der Waals surface area contributed by atoms with Crippen molar-refractivity contribution in [2.45, 2.75) is 43.9 Å². The number of benzene rings is 1. The van der Waals surface area contributed by atoms with Gasteiger partial charge >= 0.3 is 25.4 Å². The summed E-state index contributed by atoms with van der Waals surface area (Å²) in [6.45, 7) is 0.996. The lowest BCUT2D eigenvalue weighted by molar-refractivity contribution is -0.166. The smallest absolute Gasteiger partial charge is 0.428 e. The number of H-pyrrole nitrogens is 1. The van der Waals surface area contributed by atoms with Gasteiger partial charge in [-0.15, -0.1) is 6.42 Å². The highest BCUT2D eigenvalue weighted by Gasteiger charge is 2.56. The summed E-state index contributed by atoms with van der Waals surface area (Å²) in [5.74, 6) is 0.415. The van der Waals surface area contributed by atoms with E-state index in [1.807, 2.05) is 10.9 Å². The Morgan fingerprint density at radius 3 is 2.59 bits per heavy atom. The molecule has 0 spiro atoms. The number of terminal acetylenes is 1. The van der Waals surface area contributed by atoms with Gasteiger partial charge in [0.1, 0.15) is 24.0 Å². The van der Waals surface area contributed by atoms with Gasteiger partial charge in [-0.3, -0.25) is 28.5 Å². The molecule has 2 heterocycles. The molecule has 39 heavy (non-hydrogen) atoms. The van der Waals surface area contributed by atoms with Crippen LogP contribution in [-0.4, -0.2) is 69.0 Å². The van der Waals surface area contributed by atoms with Crippen LogP contribution < -0.4 is 20.9 Å². The Morgan fingerprint density at radius 1 is 1.28 bits per heavy atom. The van der Waals surface area contributed by atoms with Crippen LogP contribution >= 0.6 is 7.75 Å². The summed E-state index contributed by atoms with van der Waals surface area (Å²) in [6.07, 6.45) is 1.46. The molecule has 0 bridgehead atoms. The predicted molar refractivity (Wildman–Crippen MR) is 131 cm³/mol. The molecule has 6 atom stereocenters. The molecule has 16 heteroatoms. The van der Waals surface area contributed by atoms with Crippen molar-refractivity contribution in [3.8, 4) is 18.1 Å². The number of carbonyl (C=O) groups is 2. The Kier molecular flexibility index (Phi) is 9.46. The van der Waals surface area contributed by atoms with Gasteiger partial charge in [-0.1, -0.05) is 24.1 Å². The van der Waals surface area contributed by atoms with Crippen molar-refractivity contribution in [1.82, 2.24) is 14.6 Å². The number of aliphatic hydroxyl groups is 2. The molecule has 2 aromatic rings. The number of hydrogen-bond acceptors (Lipinski definition) is 12. The van der Waals surface area contributed by atoms with Crippen molar-refractivity contribution < 1.29 is 47.6 Å². The second kappa shape index (κ2) is 12.4. The van der Waals surface area contributed by atoms with Gasteiger partial charge in [0.05, 0.1) is 6.61 Å². The average molecular weight is 567 g/mol. The molecule has 0 radical (unpaired) electrons. The molecule has 210 valence electrons. The highest BCUT2D eigenvalue weighted by Crippen LogP contribution is 2.46. The van der Waals surface area contributed by atoms with Gasteiger partial charge < -0.3 is 28.9 Å². The first-order valence-electron chi connectivity index (χ1n) is 11.3. The van der Waals surface area contributed by atoms with E-state index in [1.54, 1.807) is 18.2 Å². The molecule has 1 aliphatic heterocycles. The zero-order valence-corrected chi connectivity index (χ0v) is 21.6. The van der Waals surface area contributed by atoms with E-state index in [0.717, 1.165) is 23.8 Å². The Balaban J connectivity index is 1.80. The normalized spacial score (nSPS) is 24.6. The molecule has 1 aromatic carbocycles. The number of aromatic nitrogens is 2. The summed E-state index contributed by atoms with van der Waals surface area (Å²) < 4.78 is 40.2. The van der Waals surface area contributed by atoms with E-state index in [1.165, 1.54) is 19.1 Å². The number of esters is 2. The Hall–Kier alpha value is -3.77. The first-order chi connectivity index (χ1) is 18.4. The van der Waals surface area contributed by atoms with Crippen molar-refractivity contribution in [2.24, 2.45) is 0 Å². The average Bonchev–Trinajstić information content (AvgIpc) is 3.13. The number of ether oxygens (including phenoxy) is 3. The molecule has 1 saturated heterocycles. The van der Waals surface area contributed by atoms with E-state index in [0.29, 0.717) is 0 Å². The first kappa shape index (κ1) is 29.8. The summed E-state index contributed by atoms with van der Waals surface area (Å²) in [5, 5.41) is 24.0. The van der Waals surface area contributed by atoms with Gasteiger partial charge in [0, 0.05) is 19.2 Å². The van der Waals surface area contributed by atoms with E-state index in [4.69, 9.17) is 24.9 Å². The Morgan fingerprint density at radius 2 is 1.97 bits per heavy atom. The molecule has 1 fully saturated rings. The maximum atomic E-state index is 13.6. The Labute approximate surface area is 221 Å². The molecule has 1 aliphatic rings. The highest BCUT2D eigenvalue weighted by molar-refractivity contribution is 7.52. The Bertz CT molecular complexity index is 1390. The number of carbonyl (C=O) groups excluding carboxylic acids is 2. The van der Waals surface area contributed by atoms with Crippen molar-refractivity contribution in [3.05, 3.63) is 63.4 Å².